The van der Waals surface area contributed by atoms with Gasteiger partial charge in [-0.3, -0.25) is 9.59 Å². The van der Waals surface area contributed by atoms with Crippen LogP contribution in [0, 0.1) is 29.1 Å². The molecule has 1 aliphatic rings. The molecule has 1 aliphatic carbocycles. The molecule has 1 heterocycles. The number of carbonyl (C=O) groups is 2. The van der Waals surface area contributed by atoms with Crippen molar-refractivity contribution in [3.8, 4) is 0 Å². The number of hydrogen-bond acceptors (Lipinski definition) is 3. The summed E-state index contributed by atoms with van der Waals surface area (Å²) in [6.45, 7) is 0. The molecule has 2 amide bonds. The summed E-state index contributed by atoms with van der Waals surface area (Å²) in [5.74, 6) is -13.7. The zero-order valence-corrected chi connectivity index (χ0v) is 13.8. The number of primary amides is 1. The van der Waals surface area contributed by atoms with Crippen LogP contribution in [0.15, 0.2) is 0 Å². The number of carbonyl (C=O) groups excluding carboxylic acids is 2. The first-order valence-corrected chi connectivity index (χ1v) is 8.32. The Kier molecular flexibility index (Phi) is 4.70. The minimum Gasteiger partial charge on any atom is -0.365 e. The molecular weight excluding hydrogens is 379 g/mol. The quantitative estimate of drug-likeness (QED) is 0.477. The third kappa shape index (κ3) is 2.83. The van der Waals surface area contributed by atoms with E-state index in [1.807, 2.05) is 0 Å². The van der Waals surface area contributed by atoms with E-state index in [1.165, 1.54) is 0 Å². The summed E-state index contributed by atoms with van der Waals surface area (Å²) in [5.41, 5.74) is 4.34. The third-order valence-electron chi connectivity index (χ3n) is 4.08. The van der Waals surface area contributed by atoms with E-state index < -0.39 is 46.5 Å². The highest BCUT2D eigenvalue weighted by Gasteiger charge is 2.31. The molecule has 4 nitrogen and oxygen atoms in total. The summed E-state index contributed by atoms with van der Waals surface area (Å²) in [6.07, 6.45) is 2.84. The summed E-state index contributed by atoms with van der Waals surface area (Å²) in [6, 6.07) is 0. The van der Waals surface area contributed by atoms with Crippen molar-refractivity contribution < 1.29 is 31.5 Å². The van der Waals surface area contributed by atoms with E-state index in [0.29, 0.717) is 18.4 Å². The van der Waals surface area contributed by atoms with Gasteiger partial charge < -0.3 is 11.1 Å². The van der Waals surface area contributed by atoms with Crippen molar-refractivity contribution in [3.05, 3.63) is 50.7 Å². The maximum Gasteiger partial charge on any atom is 0.262 e. The van der Waals surface area contributed by atoms with E-state index in [1.54, 1.807) is 0 Å². The zero-order valence-electron chi connectivity index (χ0n) is 13.0. The first-order valence-electron chi connectivity index (χ1n) is 7.51. The number of rotatable bonds is 3. The Labute approximate surface area is 147 Å². The summed E-state index contributed by atoms with van der Waals surface area (Å²) in [7, 11) is 0. The number of fused-ring (bicyclic) bond motifs is 1. The van der Waals surface area contributed by atoms with Gasteiger partial charge in [-0.05, 0) is 31.2 Å². The molecule has 0 fully saturated rings. The number of nitrogens with one attached hydrogen (secondary N) is 1. The first-order chi connectivity index (χ1) is 12.2. The van der Waals surface area contributed by atoms with Gasteiger partial charge in [0.25, 0.3) is 11.8 Å². The second-order valence-corrected chi connectivity index (χ2v) is 6.78. The maximum atomic E-state index is 13.8. The number of amides is 2. The molecule has 0 saturated carbocycles. The monoisotopic (exact) mass is 390 g/mol. The van der Waals surface area contributed by atoms with Gasteiger partial charge in [-0.15, -0.1) is 11.3 Å². The molecular formula is C16H11F5N2O2S. The normalized spacial score (nSPS) is 13.4. The molecule has 0 unspecified atom stereocenters. The molecule has 2 aromatic rings. The first kappa shape index (κ1) is 18.3. The van der Waals surface area contributed by atoms with Gasteiger partial charge in [0.1, 0.15) is 10.6 Å². The average molecular weight is 390 g/mol. The highest BCUT2D eigenvalue weighted by atomic mass is 32.1. The fourth-order valence-corrected chi connectivity index (χ4v) is 4.17. The van der Waals surface area contributed by atoms with Gasteiger partial charge in [0.05, 0.1) is 5.56 Å². The standard InChI is InChI=1S/C16H11F5N2O2S/c17-9-8(10(18)12(20)13(21)11(9)19)15(25)23-16-7(14(22)24)5-3-1-2-4-6(5)26-16/h1-4H2,(H2,22,24)(H,23,25). The molecule has 0 atom stereocenters. The predicted molar refractivity (Wildman–Crippen MR) is 83.7 cm³/mol. The predicted octanol–water partition coefficient (Wildman–Crippen LogP) is 3.67. The van der Waals surface area contributed by atoms with E-state index in [0.717, 1.165) is 29.1 Å². The summed E-state index contributed by atoms with van der Waals surface area (Å²) in [5, 5.41) is 1.99. The van der Waals surface area contributed by atoms with E-state index in [4.69, 9.17) is 5.73 Å². The van der Waals surface area contributed by atoms with Gasteiger partial charge in [0, 0.05) is 4.88 Å². The van der Waals surface area contributed by atoms with E-state index in [-0.39, 0.29) is 10.6 Å². The molecule has 1 aromatic heterocycles. The Balaban J connectivity index is 2.05. The van der Waals surface area contributed by atoms with Crippen LogP contribution in [0.1, 0.15) is 44.0 Å². The topological polar surface area (TPSA) is 72.2 Å². The lowest BCUT2D eigenvalue weighted by molar-refractivity contribution is 0.100. The SMILES string of the molecule is NC(=O)c1c(NC(=O)c2c(F)c(F)c(F)c(F)c2F)sc2c1CCCC2. The maximum absolute atomic E-state index is 13.8. The smallest absolute Gasteiger partial charge is 0.262 e. The van der Waals surface area contributed by atoms with Crippen LogP contribution in [-0.4, -0.2) is 11.8 Å². The minimum atomic E-state index is -2.36. The van der Waals surface area contributed by atoms with Crippen molar-refractivity contribution in [1.82, 2.24) is 0 Å². The zero-order chi connectivity index (χ0) is 19.2. The van der Waals surface area contributed by atoms with Crippen molar-refractivity contribution in [2.45, 2.75) is 25.7 Å². The molecule has 3 N–H and O–H groups in total. The lowest BCUT2D eigenvalue weighted by atomic mass is 9.95. The molecule has 0 aliphatic heterocycles. The Hall–Kier alpha value is -2.49. The third-order valence-corrected chi connectivity index (χ3v) is 5.29. The molecule has 0 bridgehead atoms. The van der Waals surface area contributed by atoms with Crippen molar-refractivity contribution >= 4 is 28.2 Å². The summed E-state index contributed by atoms with van der Waals surface area (Å²) < 4.78 is 67.2. The molecule has 0 radical (unpaired) electrons. The summed E-state index contributed by atoms with van der Waals surface area (Å²) in [4.78, 5) is 24.7. The van der Waals surface area contributed by atoms with Crippen LogP contribution < -0.4 is 11.1 Å². The fourth-order valence-electron chi connectivity index (χ4n) is 2.88. The molecule has 1 aromatic carbocycles. The van der Waals surface area contributed by atoms with Crippen LogP contribution in [0.25, 0.3) is 0 Å². The molecule has 3 rings (SSSR count). The van der Waals surface area contributed by atoms with Gasteiger partial charge in [-0.25, -0.2) is 22.0 Å². The van der Waals surface area contributed by atoms with Crippen molar-refractivity contribution in [3.63, 3.8) is 0 Å². The summed E-state index contributed by atoms with van der Waals surface area (Å²) >= 11 is 0.997. The van der Waals surface area contributed by atoms with Gasteiger partial charge in [-0.2, -0.15) is 0 Å². The second kappa shape index (κ2) is 6.67. The van der Waals surface area contributed by atoms with Gasteiger partial charge in [0.2, 0.25) is 5.82 Å². The number of aryl methyl sites for hydroxylation is 1. The number of anilines is 1. The molecule has 0 saturated heterocycles. The lowest BCUT2D eigenvalue weighted by Crippen LogP contribution is -2.21. The highest BCUT2D eigenvalue weighted by Crippen LogP contribution is 2.38. The average Bonchev–Trinajstić information content (AvgIpc) is 2.96. The Morgan fingerprint density at radius 3 is 1.96 bits per heavy atom. The molecule has 138 valence electrons. The van der Waals surface area contributed by atoms with Crippen LogP contribution in [0.3, 0.4) is 0 Å². The molecule has 26 heavy (non-hydrogen) atoms. The van der Waals surface area contributed by atoms with Crippen molar-refractivity contribution in [1.29, 1.82) is 0 Å². The number of hydrogen-bond donors (Lipinski definition) is 2. The second-order valence-electron chi connectivity index (χ2n) is 5.68. The van der Waals surface area contributed by atoms with E-state index in [9.17, 15) is 31.5 Å². The highest BCUT2D eigenvalue weighted by molar-refractivity contribution is 7.17. The van der Waals surface area contributed by atoms with Gasteiger partial charge in [-0.1, -0.05) is 0 Å². The fraction of sp³-hybridized carbons (Fsp3) is 0.250. The molecule has 10 heteroatoms. The number of halogens is 5. The van der Waals surface area contributed by atoms with E-state index in [2.05, 4.69) is 5.32 Å². The Bertz CT molecular complexity index is 912. The minimum absolute atomic E-state index is 0.00178. The van der Waals surface area contributed by atoms with Crippen molar-refractivity contribution in [2.24, 2.45) is 5.73 Å². The van der Waals surface area contributed by atoms with Gasteiger partial charge >= 0.3 is 0 Å². The Morgan fingerprint density at radius 1 is 0.846 bits per heavy atom. The van der Waals surface area contributed by atoms with Crippen LogP contribution in [0.4, 0.5) is 27.0 Å². The Morgan fingerprint density at radius 2 is 1.38 bits per heavy atom. The number of nitrogens with two attached hydrogens (primary N) is 1. The van der Waals surface area contributed by atoms with Crippen LogP contribution in [-0.2, 0) is 12.8 Å². The lowest BCUT2D eigenvalue weighted by Gasteiger charge is -2.11. The van der Waals surface area contributed by atoms with Gasteiger partial charge in [0.15, 0.2) is 23.3 Å². The van der Waals surface area contributed by atoms with E-state index >= 15 is 0 Å². The van der Waals surface area contributed by atoms with Crippen molar-refractivity contribution in [2.75, 3.05) is 5.32 Å². The number of thiophene rings is 1. The van der Waals surface area contributed by atoms with Crippen LogP contribution in [0.5, 0.6) is 0 Å². The van der Waals surface area contributed by atoms with Crippen LogP contribution >= 0.6 is 11.3 Å². The largest absolute Gasteiger partial charge is 0.365 e. The van der Waals surface area contributed by atoms with Crippen LogP contribution in [0.2, 0.25) is 0 Å². The molecule has 0 spiro atoms. The number of benzene rings is 1.